The first kappa shape index (κ1) is 40.2. The molecule has 0 aliphatic carbocycles. The van der Waals surface area contributed by atoms with Crippen LogP contribution >= 0.6 is 7.82 Å². The molecule has 244 valence electrons. The molecular formula is C31H63N2O7P. The van der Waals surface area contributed by atoms with Crippen molar-refractivity contribution in [1.29, 1.82) is 0 Å². The molecule has 0 saturated heterocycles. The maximum atomic E-state index is 12.6. The number of nitrogens with one attached hydrogen (secondary N) is 1. The van der Waals surface area contributed by atoms with Crippen LogP contribution in [-0.2, 0) is 18.4 Å². The summed E-state index contributed by atoms with van der Waals surface area (Å²) in [4.78, 5) is 22.5. The first-order valence-corrected chi connectivity index (χ1v) is 17.9. The zero-order chi connectivity index (χ0) is 30.6. The molecule has 1 amide bonds. The van der Waals surface area contributed by atoms with Gasteiger partial charge in [-0.1, -0.05) is 129 Å². The Morgan fingerprint density at radius 1 is 0.829 bits per heavy atom. The van der Waals surface area contributed by atoms with Crippen LogP contribution in [0.1, 0.15) is 142 Å². The summed E-state index contributed by atoms with van der Waals surface area (Å²) in [7, 11) is -4.38. The maximum absolute atomic E-state index is 12.6. The number of aliphatic hydroxyl groups is 2. The third-order valence-corrected chi connectivity index (χ3v) is 8.15. The molecule has 41 heavy (non-hydrogen) atoms. The molecule has 4 unspecified atom stereocenters. The molecule has 0 heterocycles. The van der Waals surface area contributed by atoms with E-state index in [0.717, 1.165) is 38.5 Å². The summed E-state index contributed by atoms with van der Waals surface area (Å²) in [5.74, 6) is -0.451. The van der Waals surface area contributed by atoms with Crippen molar-refractivity contribution in [3.8, 4) is 0 Å². The van der Waals surface area contributed by atoms with Crippen LogP contribution in [0.25, 0.3) is 0 Å². The summed E-state index contributed by atoms with van der Waals surface area (Å²) in [6.07, 6.45) is 23.1. The Hall–Kier alpha value is -0.800. The maximum Gasteiger partial charge on any atom is 0.472 e. The molecule has 0 aromatic rings. The summed E-state index contributed by atoms with van der Waals surface area (Å²) in [5, 5.41) is 23.7. The van der Waals surface area contributed by atoms with Gasteiger partial charge in [0.05, 0.1) is 37.9 Å². The number of hydrogen-bond donors (Lipinski definition) is 5. The number of phosphoric acid groups is 1. The fourth-order valence-electron chi connectivity index (χ4n) is 4.64. The lowest BCUT2D eigenvalue weighted by Crippen LogP contribution is -2.46. The molecule has 10 heteroatoms. The van der Waals surface area contributed by atoms with Crippen molar-refractivity contribution in [1.82, 2.24) is 5.32 Å². The van der Waals surface area contributed by atoms with E-state index >= 15 is 0 Å². The van der Waals surface area contributed by atoms with Crippen LogP contribution in [0.5, 0.6) is 0 Å². The van der Waals surface area contributed by atoms with Crippen LogP contribution in [0.15, 0.2) is 12.2 Å². The predicted octanol–water partition coefficient (Wildman–Crippen LogP) is 6.68. The average Bonchev–Trinajstić information content (AvgIpc) is 2.94. The Morgan fingerprint density at radius 2 is 1.34 bits per heavy atom. The minimum absolute atomic E-state index is 0.0506. The second-order valence-corrected chi connectivity index (χ2v) is 12.7. The third kappa shape index (κ3) is 26.6. The standard InChI is InChI=1S/C31H63N2O7P/c1-3-5-7-9-11-13-14-15-17-19-21-23-30(35)29(27-40-41(37,38)39-25-24-32)33-31(36)26-28(34)22-20-18-16-12-10-8-6-4-2/h21,23,28-30,34-35H,3-20,22,24-27,32H2,1-2H3,(H,33,36)(H,37,38)/b23-21+. The van der Waals surface area contributed by atoms with Gasteiger partial charge in [0.1, 0.15) is 0 Å². The van der Waals surface area contributed by atoms with E-state index in [-0.39, 0.29) is 19.6 Å². The molecule has 6 N–H and O–H groups in total. The van der Waals surface area contributed by atoms with Gasteiger partial charge in [0.25, 0.3) is 0 Å². The van der Waals surface area contributed by atoms with Crippen molar-refractivity contribution in [2.75, 3.05) is 19.8 Å². The van der Waals surface area contributed by atoms with Gasteiger partial charge in [-0.15, -0.1) is 0 Å². The number of carbonyl (C=O) groups is 1. The van der Waals surface area contributed by atoms with Crippen molar-refractivity contribution in [2.45, 2.75) is 161 Å². The van der Waals surface area contributed by atoms with Gasteiger partial charge in [0.2, 0.25) is 5.91 Å². The lowest BCUT2D eigenvalue weighted by molar-refractivity contribution is -0.124. The van der Waals surface area contributed by atoms with E-state index in [1.807, 2.05) is 6.08 Å². The first-order valence-electron chi connectivity index (χ1n) is 16.4. The molecule has 0 aliphatic heterocycles. The Labute approximate surface area is 250 Å². The summed E-state index contributed by atoms with van der Waals surface area (Å²) in [6, 6.07) is -0.973. The normalized spacial score (nSPS) is 15.6. The summed E-state index contributed by atoms with van der Waals surface area (Å²) < 4.78 is 21.8. The number of allylic oxidation sites excluding steroid dienone is 1. The molecule has 4 atom stereocenters. The highest BCUT2D eigenvalue weighted by atomic mass is 31.2. The number of carbonyl (C=O) groups excluding carboxylic acids is 1. The highest BCUT2D eigenvalue weighted by molar-refractivity contribution is 7.47. The van der Waals surface area contributed by atoms with Crippen LogP contribution in [0, 0.1) is 0 Å². The average molecular weight is 607 g/mol. The largest absolute Gasteiger partial charge is 0.472 e. The number of nitrogens with two attached hydrogens (primary N) is 1. The number of amides is 1. The highest BCUT2D eigenvalue weighted by Gasteiger charge is 2.27. The number of phosphoric ester groups is 1. The van der Waals surface area contributed by atoms with Gasteiger partial charge >= 0.3 is 7.82 Å². The Balaban J connectivity index is 4.57. The molecule has 0 spiro atoms. The minimum Gasteiger partial charge on any atom is -0.393 e. The second kappa shape index (κ2) is 28.0. The van der Waals surface area contributed by atoms with Gasteiger partial charge < -0.3 is 26.2 Å². The molecule has 0 aliphatic rings. The Bertz CT molecular complexity index is 681. The quantitative estimate of drug-likeness (QED) is 0.0345. The van der Waals surface area contributed by atoms with Crippen molar-refractivity contribution in [2.24, 2.45) is 5.73 Å². The lowest BCUT2D eigenvalue weighted by Gasteiger charge is -2.24. The van der Waals surface area contributed by atoms with Gasteiger partial charge in [0.15, 0.2) is 0 Å². The summed E-state index contributed by atoms with van der Waals surface area (Å²) in [6.45, 7) is 3.89. The molecule has 0 fully saturated rings. The molecular weight excluding hydrogens is 543 g/mol. The third-order valence-electron chi connectivity index (χ3n) is 7.17. The van der Waals surface area contributed by atoms with Crippen LogP contribution in [0.3, 0.4) is 0 Å². The van der Waals surface area contributed by atoms with Crippen LogP contribution < -0.4 is 11.1 Å². The Kier molecular flexibility index (Phi) is 27.5. The molecule has 0 aromatic carbocycles. The number of unbranched alkanes of at least 4 members (excludes halogenated alkanes) is 16. The molecule has 0 rings (SSSR count). The number of aliphatic hydroxyl groups excluding tert-OH is 2. The first-order chi connectivity index (χ1) is 19.8. The van der Waals surface area contributed by atoms with Gasteiger partial charge in [-0.3, -0.25) is 13.8 Å². The van der Waals surface area contributed by atoms with Gasteiger partial charge in [-0.2, -0.15) is 0 Å². The van der Waals surface area contributed by atoms with E-state index in [4.69, 9.17) is 14.8 Å². The molecule has 9 nitrogen and oxygen atoms in total. The smallest absolute Gasteiger partial charge is 0.393 e. The van der Waals surface area contributed by atoms with E-state index in [9.17, 15) is 24.5 Å². The summed E-state index contributed by atoms with van der Waals surface area (Å²) in [5.41, 5.74) is 5.32. The lowest BCUT2D eigenvalue weighted by atomic mass is 10.0. The van der Waals surface area contributed by atoms with Crippen molar-refractivity contribution in [3.05, 3.63) is 12.2 Å². The zero-order valence-electron chi connectivity index (χ0n) is 26.1. The molecule has 0 radical (unpaired) electrons. The van der Waals surface area contributed by atoms with Crippen molar-refractivity contribution < 1.29 is 33.5 Å². The van der Waals surface area contributed by atoms with E-state index in [0.29, 0.717) is 6.42 Å². The highest BCUT2D eigenvalue weighted by Crippen LogP contribution is 2.43. The van der Waals surface area contributed by atoms with E-state index < -0.39 is 38.6 Å². The predicted molar refractivity (Wildman–Crippen MR) is 168 cm³/mol. The zero-order valence-corrected chi connectivity index (χ0v) is 27.0. The van der Waals surface area contributed by atoms with E-state index in [2.05, 4.69) is 19.2 Å². The van der Waals surface area contributed by atoms with Crippen molar-refractivity contribution >= 4 is 13.7 Å². The van der Waals surface area contributed by atoms with Gasteiger partial charge in [0, 0.05) is 6.54 Å². The minimum atomic E-state index is -4.38. The molecule has 0 bridgehead atoms. The van der Waals surface area contributed by atoms with Crippen molar-refractivity contribution in [3.63, 3.8) is 0 Å². The topological polar surface area (TPSA) is 151 Å². The van der Waals surface area contributed by atoms with Crippen LogP contribution in [-0.4, -0.2) is 59.0 Å². The molecule has 0 aromatic heterocycles. The van der Waals surface area contributed by atoms with Gasteiger partial charge in [-0.05, 0) is 19.3 Å². The van der Waals surface area contributed by atoms with Crippen LogP contribution in [0.4, 0.5) is 0 Å². The number of rotatable bonds is 30. The Morgan fingerprint density at radius 3 is 1.88 bits per heavy atom. The molecule has 0 saturated carbocycles. The fraction of sp³-hybridized carbons (Fsp3) is 0.903. The monoisotopic (exact) mass is 606 g/mol. The number of hydrogen-bond acceptors (Lipinski definition) is 7. The van der Waals surface area contributed by atoms with E-state index in [1.165, 1.54) is 77.0 Å². The second-order valence-electron chi connectivity index (χ2n) is 11.2. The fourth-order valence-corrected chi connectivity index (χ4v) is 5.40. The SMILES string of the molecule is CCCCCCCCCCC/C=C/C(O)C(COP(=O)(O)OCCN)NC(=O)CC(O)CCCCCCCCCC. The van der Waals surface area contributed by atoms with Crippen LogP contribution in [0.2, 0.25) is 0 Å². The van der Waals surface area contributed by atoms with E-state index in [1.54, 1.807) is 6.08 Å². The summed E-state index contributed by atoms with van der Waals surface area (Å²) >= 11 is 0. The van der Waals surface area contributed by atoms with Gasteiger partial charge in [-0.25, -0.2) is 4.57 Å².